The third-order valence-corrected chi connectivity index (χ3v) is 5.07. The predicted octanol–water partition coefficient (Wildman–Crippen LogP) is 4.78. The Bertz CT molecular complexity index is 988. The van der Waals surface area contributed by atoms with Crippen LogP contribution in [0.1, 0.15) is 46.4 Å². The number of rotatable bonds is 7. The number of hydrogen-bond acceptors (Lipinski definition) is 6. The molecule has 0 saturated carbocycles. The summed E-state index contributed by atoms with van der Waals surface area (Å²) in [5, 5.41) is 17.1. The molecule has 0 aliphatic carbocycles. The van der Waals surface area contributed by atoms with Crippen molar-refractivity contribution in [2.75, 3.05) is 0 Å². The molecule has 0 spiro atoms. The highest BCUT2D eigenvalue weighted by Crippen LogP contribution is 2.34. The molecule has 1 aromatic carbocycles. The maximum Gasteiger partial charge on any atom is 0.308 e. The molecule has 28 heavy (non-hydrogen) atoms. The molecule has 0 radical (unpaired) electrons. The van der Waals surface area contributed by atoms with E-state index in [9.17, 15) is 9.59 Å². The molecule has 0 aliphatic rings. The van der Waals surface area contributed by atoms with Gasteiger partial charge in [0.05, 0.1) is 21.7 Å². The number of fused-ring (bicyclic) bond motifs is 1. The molecule has 0 fully saturated rings. The lowest BCUT2D eigenvalue weighted by Gasteiger charge is -2.17. The second-order valence-corrected chi connectivity index (χ2v) is 6.98. The van der Waals surface area contributed by atoms with Gasteiger partial charge in [-0.15, -0.1) is 0 Å². The predicted molar refractivity (Wildman–Crippen MR) is 113 cm³/mol. The molecule has 3 rings (SSSR count). The van der Waals surface area contributed by atoms with Crippen LogP contribution in [0.4, 0.5) is 0 Å². The summed E-state index contributed by atoms with van der Waals surface area (Å²) in [4.78, 5) is 22.7. The van der Waals surface area contributed by atoms with Gasteiger partial charge in [-0.05, 0) is 24.6 Å². The van der Waals surface area contributed by atoms with E-state index >= 15 is 0 Å². The van der Waals surface area contributed by atoms with Gasteiger partial charge in [-0.2, -0.15) is 10.2 Å². The minimum atomic E-state index is -0.961. The number of aromatic nitrogens is 3. The van der Waals surface area contributed by atoms with Crippen LogP contribution in [-0.2, 0) is 11.3 Å². The average Bonchev–Trinajstić information content (AvgIpc) is 2.92. The van der Waals surface area contributed by atoms with Crippen molar-refractivity contribution in [3.63, 3.8) is 0 Å². The van der Waals surface area contributed by atoms with Crippen molar-refractivity contribution in [2.45, 2.75) is 47.3 Å². The summed E-state index contributed by atoms with van der Waals surface area (Å²) < 4.78 is 8.11. The van der Waals surface area contributed by atoms with Crippen molar-refractivity contribution in [3.05, 3.63) is 50.8 Å². The van der Waals surface area contributed by atoms with E-state index in [0.29, 0.717) is 33.1 Å². The first-order valence-corrected chi connectivity index (χ1v) is 9.18. The zero-order chi connectivity index (χ0) is 18.7. The number of halogens is 1. The van der Waals surface area contributed by atoms with Crippen molar-refractivity contribution in [1.29, 1.82) is 0 Å². The molecule has 7 nitrogen and oxygen atoms in total. The van der Waals surface area contributed by atoms with E-state index in [1.54, 1.807) is 24.4 Å². The monoisotopic (exact) mass is 425 g/mol. The van der Waals surface area contributed by atoms with Crippen molar-refractivity contribution < 1.29 is 14.6 Å². The molecule has 1 atom stereocenters. The van der Waals surface area contributed by atoms with E-state index in [0.717, 1.165) is 11.3 Å². The van der Waals surface area contributed by atoms with Gasteiger partial charge in [0.25, 0.3) is 0 Å². The van der Waals surface area contributed by atoms with Crippen LogP contribution in [0.25, 0.3) is 10.2 Å². The second-order valence-electron chi connectivity index (χ2n) is 5.58. The van der Waals surface area contributed by atoms with E-state index < -0.39 is 5.97 Å². The molecular weight excluding hydrogens is 402 g/mol. The number of thiazole rings is 1. The topological polar surface area (TPSA) is 94.3 Å². The summed E-state index contributed by atoms with van der Waals surface area (Å²) in [6.45, 7) is 2.06. The normalized spacial score (nSPS) is 11.4. The number of nitrogens with zero attached hydrogens (tertiary/aromatic N) is 3. The van der Waals surface area contributed by atoms with E-state index in [-0.39, 0.29) is 38.8 Å². The lowest BCUT2D eigenvalue weighted by molar-refractivity contribution is -0.137. The molecule has 2 heterocycles. The molecule has 0 bridgehead atoms. The molecule has 0 amide bonds. The van der Waals surface area contributed by atoms with E-state index in [1.165, 1.54) is 4.57 Å². The number of carbonyl (C=O) groups is 1. The minimum absolute atomic E-state index is 0. The first-order chi connectivity index (χ1) is 12.5. The summed E-state index contributed by atoms with van der Waals surface area (Å²) in [5.74, 6) is -0.514. The summed E-state index contributed by atoms with van der Waals surface area (Å²) in [6, 6.07) is 6.96. The van der Waals surface area contributed by atoms with Crippen LogP contribution in [-0.4, -0.2) is 25.8 Å². The van der Waals surface area contributed by atoms with E-state index in [4.69, 9.17) is 21.4 Å². The molecule has 3 aromatic rings. The Morgan fingerprint density at radius 3 is 2.75 bits per heavy atom. The maximum atomic E-state index is 12.2. The summed E-state index contributed by atoms with van der Waals surface area (Å²) in [6.07, 6.45) is 1.81. The van der Waals surface area contributed by atoms with Gasteiger partial charge in [0.1, 0.15) is 17.5 Å². The molecular formula is C19H24ClN3O4S. The van der Waals surface area contributed by atoms with Crippen LogP contribution >= 0.6 is 22.9 Å². The summed E-state index contributed by atoms with van der Waals surface area (Å²) in [5.41, 5.74) is 1.30. The largest absolute Gasteiger partial charge is 0.482 e. The van der Waals surface area contributed by atoms with Gasteiger partial charge in [0.2, 0.25) is 0 Å². The van der Waals surface area contributed by atoms with E-state index in [2.05, 4.69) is 10.2 Å². The van der Waals surface area contributed by atoms with Gasteiger partial charge in [-0.25, -0.2) is 0 Å². The Hall–Kier alpha value is -2.45. The maximum absolute atomic E-state index is 12.2. The number of hydrogen-bond donors (Lipinski definition) is 1. The fraction of sp³-hybridized carbons (Fsp3) is 0.368. The summed E-state index contributed by atoms with van der Waals surface area (Å²) in [7, 11) is 0. The van der Waals surface area contributed by atoms with Crippen LogP contribution in [0.15, 0.2) is 35.3 Å². The highest BCUT2D eigenvalue weighted by atomic mass is 35.5. The molecule has 0 saturated heterocycles. The minimum Gasteiger partial charge on any atom is -0.482 e. The molecule has 2 aromatic heterocycles. The Morgan fingerprint density at radius 2 is 2.14 bits per heavy atom. The number of aryl methyl sites for hydroxylation is 1. The Morgan fingerprint density at radius 1 is 1.39 bits per heavy atom. The van der Waals surface area contributed by atoms with Gasteiger partial charge >= 0.3 is 10.8 Å². The van der Waals surface area contributed by atoms with Gasteiger partial charge in [-0.1, -0.05) is 44.7 Å². The van der Waals surface area contributed by atoms with Crippen molar-refractivity contribution in [1.82, 2.24) is 14.8 Å². The van der Waals surface area contributed by atoms with Crippen molar-refractivity contribution in [3.8, 4) is 5.75 Å². The first kappa shape index (κ1) is 23.6. The van der Waals surface area contributed by atoms with Gasteiger partial charge < -0.3 is 9.84 Å². The molecule has 9 heteroatoms. The molecule has 1 N–H and O–H groups in total. The van der Waals surface area contributed by atoms with Crippen LogP contribution in [0.5, 0.6) is 5.75 Å². The lowest BCUT2D eigenvalue weighted by Crippen LogP contribution is -2.15. The van der Waals surface area contributed by atoms with Gasteiger partial charge in [0, 0.05) is 18.8 Å². The Kier molecular flexibility index (Phi) is 8.59. The third kappa shape index (κ3) is 5.08. The fourth-order valence-electron chi connectivity index (χ4n) is 2.57. The van der Waals surface area contributed by atoms with Gasteiger partial charge in [0.15, 0.2) is 0 Å². The van der Waals surface area contributed by atoms with Crippen LogP contribution < -0.4 is 9.61 Å². The standard InChI is InChI=1S/C17H16ClN3O4S.2CH4/c1-2-13(11-4-3-6-19-20-11)25-14-9-15-12(8-10(14)18)21(17(24)26-15)7-5-16(22)23;;/h3-4,6,8-9,13H,2,5,7H2,1H3,(H,22,23);2*1H4/t13-;;/m1../s1. The highest BCUT2D eigenvalue weighted by Gasteiger charge is 2.18. The fourth-order valence-corrected chi connectivity index (χ4v) is 3.70. The summed E-state index contributed by atoms with van der Waals surface area (Å²) >= 11 is 7.38. The van der Waals surface area contributed by atoms with Crippen molar-refractivity contribution >= 4 is 39.1 Å². The number of carboxylic acids is 1. The SMILES string of the molecule is C.C.CC[C@@H](Oc1cc2sc(=O)n(CCC(=O)O)c2cc1Cl)c1cccnn1. The number of benzene rings is 1. The van der Waals surface area contributed by atoms with E-state index in [1.807, 2.05) is 13.0 Å². The van der Waals surface area contributed by atoms with Crippen LogP contribution in [0.3, 0.4) is 0 Å². The quantitative estimate of drug-likeness (QED) is 0.585. The smallest absolute Gasteiger partial charge is 0.308 e. The second kappa shape index (κ2) is 10.2. The average molecular weight is 426 g/mol. The third-order valence-electron chi connectivity index (χ3n) is 3.83. The lowest BCUT2D eigenvalue weighted by atomic mass is 10.2. The zero-order valence-electron chi connectivity index (χ0n) is 13.9. The zero-order valence-corrected chi connectivity index (χ0v) is 15.5. The Balaban J connectivity index is 0.00000196. The molecule has 0 aliphatic heterocycles. The van der Waals surface area contributed by atoms with Crippen LogP contribution in [0, 0.1) is 0 Å². The number of ether oxygens (including phenoxy) is 1. The molecule has 152 valence electrons. The number of aliphatic carboxylic acids is 1. The highest BCUT2D eigenvalue weighted by molar-refractivity contribution is 7.16. The first-order valence-electron chi connectivity index (χ1n) is 7.98. The van der Waals surface area contributed by atoms with Crippen LogP contribution in [0.2, 0.25) is 5.02 Å². The molecule has 0 unspecified atom stereocenters. The van der Waals surface area contributed by atoms with Gasteiger partial charge in [-0.3, -0.25) is 14.2 Å². The Labute approximate surface area is 172 Å². The van der Waals surface area contributed by atoms with Crippen molar-refractivity contribution in [2.24, 2.45) is 0 Å². The number of carboxylic acid groups (broad SMARTS) is 1.